The Balaban J connectivity index is 2.41. The van der Waals surface area contributed by atoms with E-state index in [-0.39, 0.29) is 11.9 Å². The molecular formula is C14H16ClN5O. The van der Waals surface area contributed by atoms with Crippen molar-refractivity contribution < 1.29 is 5.21 Å². The van der Waals surface area contributed by atoms with Crippen molar-refractivity contribution in [3.05, 3.63) is 52.7 Å². The van der Waals surface area contributed by atoms with E-state index in [1.807, 2.05) is 43.1 Å². The van der Waals surface area contributed by atoms with Gasteiger partial charge in [-0.05, 0) is 24.6 Å². The first kappa shape index (κ1) is 15.1. The number of halogens is 1. The van der Waals surface area contributed by atoms with Gasteiger partial charge in [0, 0.05) is 12.1 Å². The minimum Gasteiger partial charge on any atom is -0.409 e. The number of hydrogen-bond acceptors (Lipinski definition) is 5. The molecule has 1 atom stereocenters. The Kier molecular flexibility index (Phi) is 4.59. The lowest BCUT2D eigenvalue weighted by Gasteiger charge is -2.27. The Bertz CT molecular complexity index is 661. The van der Waals surface area contributed by atoms with Crippen LogP contribution in [-0.2, 0) is 0 Å². The molecule has 2 rings (SSSR count). The van der Waals surface area contributed by atoms with Crippen LogP contribution < -0.4 is 10.6 Å². The molecule has 1 aromatic heterocycles. The maximum atomic E-state index is 8.87. The van der Waals surface area contributed by atoms with Crippen molar-refractivity contribution in [1.82, 2.24) is 10.2 Å². The number of nitrogens with zero attached hydrogens (tertiary/aromatic N) is 4. The molecule has 3 N–H and O–H groups in total. The molecule has 0 fully saturated rings. The third-order valence-corrected chi connectivity index (χ3v) is 3.70. The summed E-state index contributed by atoms with van der Waals surface area (Å²) >= 11 is 6.23. The molecule has 21 heavy (non-hydrogen) atoms. The zero-order chi connectivity index (χ0) is 15.4. The van der Waals surface area contributed by atoms with Crippen molar-refractivity contribution in [2.45, 2.75) is 13.0 Å². The molecule has 0 spiro atoms. The molecule has 2 aromatic rings. The number of amidine groups is 1. The molecule has 6 nitrogen and oxygen atoms in total. The number of nitrogens with two attached hydrogens (primary N) is 1. The molecule has 1 unspecified atom stereocenters. The van der Waals surface area contributed by atoms with Crippen LogP contribution in [0.15, 0.2) is 41.7 Å². The first-order valence-corrected chi connectivity index (χ1v) is 6.71. The predicted molar refractivity (Wildman–Crippen MR) is 82.8 cm³/mol. The highest BCUT2D eigenvalue weighted by atomic mass is 35.5. The lowest BCUT2D eigenvalue weighted by Crippen LogP contribution is -2.27. The van der Waals surface area contributed by atoms with Gasteiger partial charge >= 0.3 is 0 Å². The summed E-state index contributed by atoms with van der Waals surface area (Å²) in [5.74, 6) is 0.498. The van der Waals surface area contributed by atoms with Crippen molar-refractivity contribution in [1.29, 1.82) is 0 Å². The van der Waals surface area contributed by atoms with Crippen LogP contribution in [0, 0.1) is 0 Å². The Labute approximate surface area is 127 Å². The summed E-state index contributed by atoms with van der Waals surface area (Å²) in [5, 5.41) is 20.5. The van der Waals surface area contributed by atoms with Crippen LogP contribution >= 0.6 is 11.6 Å². The van der Waals surface area contributed by atoms with E-state index in [4.69, 9.17) is 22.5 Å². The van der Waals surface area contributed by atoms with Gasteiger partial charge in [-0.1, -0.05) is 35.0 Å². The summed E-state index contributed by atoms with van der Waals surface area (Å²) in [4.78, 5) is 1.88. The minimum absolute atomic E-state index is 0.0156. The van der Waals surface area contributed by atoms with Gasteiger partial charge < -0.3 is 15.8 Å². The van der Waals surface area contributed by atoms with E-state index in [9.17, 15) is 0 Å². The monoisotopic (exact) mass is 305 g/mol. The molecule has 0 amide bonds. The summed E-state index contributed by atoms with van der Waals surface area (Å²) in [6, 6.07) is 9.18. The van der Waals surface area contributed by atoms with Crippen LogP contribution in [-0.4, -0.2) is 28.3 Å². The molecule has 1 aromatic carbocycles. The smallest absolute Gasteiger partial charge is 0.173 e. The average molecular weight is 306 g/mol. The van der Waals surface area contributed by atoms with E-state index in [0.717, 1.165) is 5.56 Å². The molecule has 0 bridgehead atoms. The fourth-order valence-electron chi connectivity index (χ4n) is 2.04. The van der Waals surface area contributed by atoms with E-state index in [2.05, 4.69) is 15.4 Å². The van der Waals surface area contributed by atoms with Gasteiger partial charge in [-0.3, -0.25) is 0 Å². The van der Waals surface area contributed by atoms with Gasteiger partial charge in [-0.25, -0.2) is 0 Å². The highest BCUT2D eigenvalue weighted by Crippen LogP contribution is 2.30. The SMILES string of the molecule is CC(c1ccccc1Cl)N(C)c1nnccc1/C(N)=N/O. The standard InChI is InChI=1S/C14H16ClN5O/c1-9(10-5-3-4-6-12(10)15)20(2)14-11(13(16)19-21)7-8-17-18-14/h3-9,21H,1-2H3,(H2,16,19). The fourth-order valence-corrected chi connectivity index (χ4v) is 2.34. The predicted octanol–water partition coefficient (Wildman–Crippen LogP) is 2.42. The van der Waals surface area contributed by atoms with Crippen LogP contribution in [0.2, 0.25) is 5.02 Å². The summed E-state index contributed by atoms with van der Waals surface area (Å²) in [6.45, 7) is 1.99. The van der Waals surface area contributed by atoms with Gasteiger partial charge in [0.25, 0.3) is 0 Å². The van der Waals surface area contributed by atoms with E-state index in [1.165, 1.54) is 6.20 Å². The summed E-state index contributed by atoms with van der Waals surface area (Å²) in [5.41, 5.74) is 7.15. The number of rotatable bonds is 4. The number of anilines is 1. The number of hydrogen-bond donors (Lipinski definition) is 2. The second-order valence-electron chi connectivity index (χ2n) is 4.56. The number of aromatic nitrogens is 2. The highest BCUT2D eigenvalue weighted by Gasteiger charge is 2.20. The lowest BCUT2D eigenvalue weighted by molar-refractivity contribution is 0.318. The van der Waals surface area contributed by atoms with Crippen LogP contribution in [0.1, 0.15) is 24.1 Å². The summed E-state index contributed by atoms with van der Waals surface area (Å²) in [7, 11) is 1.85. The van der Waals surface area contributed by atoms with Gasteiger partial charge in [0.2, 0.25) is 0 Å². The first-order valence-electron chi connectivity index (χ1n) is 6.33. The van der Waals surface area contributed by atoms with Crippen LogP contribution in [0.25, 0.3) is 0 Å². The van der Waals surface area contributed by atoms with E-state index < -0.39 is 0 Å². The normalized spacial score (nSPS) is 13.0. The molecule has 0 aliphatic rings. The second-order valence-corrected chi connectivity index (χ2v) is 4.97. The molecule has 7 heteroatoms. The average Bonchev–Trinajstić information content (AvgIpc) is 2.53. The maximum absolute atomic E-state index is 8.87. The Morgan fingerprint density at radius 1 is 1.38 bits per heavy atom. The molecule has 0 saturated carbocycles. The van der Waals surface area contributed by atoms with E-state index >= 15 is 0 Å². The summed E-state index contributed by atoms with van der Waals surface area (Å²) in [6.07, 6.45) is 1.49. The molecular weight excluding hydrogens is 290 g/mol. The molecule has 0 radical (unpaired) electrons. The van der Waals surface area contributed by atoms with Gasteiger partial charge in [-0.15, -0.1) is 5.10 Å². The third kappa shape index (κ3) is 3.05. The third-order valence-electron chi connectivity index (χ3n) is 3.36. The van der Waals surface area contributed by atoms with Crippen molar-refractivity contribution in [2.75, 3.05) is 11.9 Å². The van der Waals surface area contributed by atoms with Crippen LogP contribution in [0.5, 0.6) is 0 Å². The molecule has 110 valence electrons. The lowest BCUT2D eigenvalue weighted by atomic mass is 10.1. The molecule has 1 heterocycles. The maximum Gasteiger partial charge on any atom is 0.173 e. The minimum atomic E-state index is -0.0550. The van der Waals surface area contributed by atoms with Crippen molar-refractivity contribution in [2.24, 2.45) is 10.9 Å². The van der Waals surface area contributed by atoms with Crippen molar-refractivity contribution >= 4 is 23.3 Å². The van der Waals surface area contributed by atoms with Gasteiger partial charge in [-0.2, -0.15) is 5.10 Å². The zero-order valence-electron chi connectivity index (χ0n) is 11.7. The fraction of sp³-hybridized carbons (Fsp3) is 0.214. The molecule has 0 saturated heterocycles. The number of benzene rings is 1. The summed E-state index contributed by atoms with van der Waals surface area (Å²) < 4.78 is 0. The Morgan fingerprint density at radius 2 is 2.10 bits per heavy atom. The van der Waals surface area contributed by atoms with Crippen LogP contribution in [0.4, 0.5) is 5.82 Å². The largest absolute Gasteiger partial charge is 0.409 e. The van der Waals surface area contributed by atoms with Crippen molar-refractivity contribution in [3.63, 3.8) is 0 Å². The van der Waals surface area contributed by atoms with Crippen LogP contribution in [0.3, 0.4) is 0 Å². The quantitative estimate of drug-likeness (QED) is 0.392. The molecule has 0 aliphatic carbocycles. The van der Waals surface area contributed by atoms with Crippen molar-refractivity contribution in [3.8, 4) is 0 Å². The zero-order valence-corrected chi connectivity index (χ0v) is 12.5. The first-order chi connectivity index (χ1) is 10.1. The van der Waals surface area contributed by atoms with Gasteiger partial charge in [0.1, 0.15) is 0 Å². The Hall–Kier alpha value is -2.34. The Morgan fingerprint density at radius 3 is 2.76 bits per heavy atom. The molecule has 0 aliphatic heterocycles. The van der Waals surface area contributed by atoms with E-state index in [1.54, 1.807) is 6.07 Å². The van der Waals surface area contributed by atoms with Gasteiger partial charge in [0.15, 0.2) is 11.7 Å². The second kappa shape index (κ2) is 6.41. The number of oxime groups is 1. The van der Waals surface area contributed by atoms with E-state index in [0.29, 0.717) is 16.4 Å². The highest BCUT2D eigenvalue weighted by molar-refractivity contribution is 6.31. The topological polar surface area (TPSA) is 87.6 Å². The van der Waals surface area contributed by atoms with Gasteiger partial charge in [0.05, 0.1) is 17.8 Å².